The summed E-state index contributed by atoms with van der Waals surface area (Å²) in [6.07, 6.45) is 1.62. The second-order valence-corrected chi connectivity index (χ2v) is 5.30. The minimum Gasteiger partial charge on any atom is -0.479 e. The van der Waals surface area contributed by atoms with E-state index < -0.39 is 16.9 Å². The van der Waals surface area contributed by atoms with Gasteiger partial charge in [-0.1, -0.05) is 51.1 Å². The summed E-state index contributed by atoms with van der Waals surface area (Å²) in [6.45, 7) is 7.28. The van der Waals surface area contributed by atoms with E-state index in [9.17, 15) is 9.90 Å². The third kappa shape index (κ3) is 2.93. The Morgan fingerprint density at radius 2 is 1.71 bits per heavy atom. The molecule has 0 spiro atoms. The summed E-state index contributed by atoms with van der Waals surface area (Å²) in [5, 5.41) is 9.33. The van der Waals surface area contributed by atoms with E-state index in [2.05, 4.69) is 4.99 Å². The average molecular weight is 233 g/mol. The lowest BCUT2D eigenvalue weighted by Crippen LogP contribution is -2.45. The molecule has 17 heavy (non-hydrogen) atoms. The number of carboxylic acid groups (broad SMARTS) is 1. The number of carbonyl (C=O) groups is 1. The van der Waals surface area contributed by atoms with E-state index in [1.807, 2.05) is 51.1 Å². The second-order valence-electron chi connectivity index (χ2n) is 5.30. The van der Waals surface area contributed by atoms with E-state index in [-0.39, 0.29) is 0 Å². The fraction of sp³-hybridized carbons (Fsp3) is 0.429. The molecule has 1 N–H and O–H groups in total. The Hall–Kier alpha value is -1.64. The zero-order valence-electron chi connectivity index (χ0n) is 10.8. The number of nitrogens with zero attached hydrogens (tertiary/aromatic N) is 1. The lowest BCUT2D eigenvalue weighted by atomic mass is 9.75. The molecule has 3 nitrogen and oxygen atoms in total. The first-order valence-corrected chi connectivity index (χ1v) is 5.61. The first-order valence-electron chi connectivity index (χ1n) is 5.61. The lowest BCUT2D eigenvalue weighted by Gasteiger charge is -2.34. The summed E-state index contributed by atoms with van der Waals surface area (Å²) in [5.74, 6) is -0.905. The first kappa shape index (κ1) is 13.4. The summed E-state index contributed by atoms with van der Waals surface area (Å²) in [7, 11) is 0. The van der Waals surface area contributed by atoms with Crippen LogP contribution in [0.25, 0.3) is 0 Å². The van der Waals surface area contributed by atoms with E-state index in [1.165, 1.54) is 0 Å². The Labute approximate surface area is 102 Å². The van der Waals surface area contributed by atoms with E-state index in [0.717, 1.165) is 5.56 Å². The van der Waals surface area contributed by atoms with Crippen molar-refractivity contribution in [3.05, 3.63) is 35.9 Å². The summed E-state index contributed by atoms with van der Waals surface area (Å²) in [6, 6.07) is 9.51. The van der Waals surface area contributed by atoms with Crippen molar-refractivity contribution < 1.29 is 9.90 Å². The lowest BCUT2D eigenvalue weighted by molar-refractivity contribution is -0.146. The quantitative estimate of drug-likeness (QED) is 0.816. The van der Waals surface area contributed by atoms with Crippen molar-refractivity contribution in [2.24, 2.45) is 10.4 Å². The molecule has 1 unspecified atom stereocenters. The Morgan fingerprint density at radius 3 is 2.12 bits per heavy atom. The Bertz CT molecular complexity index is 418. The van der Waals surface area contributed by atoms with Gasteiger partial charge in [-0.3, -0.25) is 4.99 Å². The smallest absolute Gasteiger partial charge is 0.331 e. The maximum Gasteiger partial charge on any atom is 0.331 e. The molecule has 92 valence electrons. The number of carboxylic acids is 1. The molecule has 0 amide bonds. The second kappa shape index (κ2) is 4.70. The van der Waals surface area contributed by atoms with Crippen LogP contribution >= 0.6 is 0 Å². The molecule has 3 heteroatoms. The number of benzene rings is 1. The van der Waals surface area contributed by atoms with Gasteiger partial charge in [0.15, 0.2) is 5.54 Å². The summed E-state index contributed by atoms with van der Waals surface area (Å²) in [5.41, 5.74) is -0.656. The molecule has 0 heterocycles. The largest absolute Gasteiger partial charge is 0.479 e. The van der Waals surface area contributed by atoms with E-state index in [1.54, 1.807) is 13.1 Å². The molecule has 0 bridgehead atoms. The van der Waals surface area contributed by atoms with Crippen LogP contribution in [0.2, 0.25) is 0 Å². The maximum absolute atomic E-state index is 11.4. The number of rotatable bonds is 3. The summed E-state index contributed by atoms with van der Waals surface area (Å²) >= 11 is 0. The van der Waals surface area contributed by atoms with Crippen LogP contribution in [-0.2, 0) is 4.79 Å². The predicted molar refractivity (Wildman–Crippen MR) is 69.5 cm³/mol. The molecule has 1 aromatic rings. The van der Waals surface area contributed by atoms with Crippen LogP contribution in [0, 0.1) is 5.41 Å². The van der Waals surface area contributed by atoms with Gasteiger partial charge in [0.05, 0.1) is 0 Å². The monoisotopic (exact) mass is 233 g/mol. The first-order chi connectivity index (χ1) is 7.77. The van der Waals surface area contributed by atoms with Gasteiger partial charge in [-0.2, -0.15) is 0 Å². The van der Waals surface area contributed by atoms with Crippen LogP contribution in [0.5, 0.6) is 0 Å². The highest BCUT2D eigenvalue weighted by molar-refractivity contribution is 5.86. The summed E-state index contributed by atoms with van der Waals surface area (Å²) < 4.78 is 0. The van der Waals surface area contributed by atoms with Crippen molar-refractivity contribution in [1.82, 2.24) is 0 Å². The van der Waals surface area contributed by atoms with E-state index in [4.69, 9.17) is 0 Å². The van der Waals surface area contributed by atoms with Crippen LogP contribution < -0.4 is 0 Å². The molecular formula is C14H19NO2. The highest BCUT2D eigenvalue weighted by atomic mass is 16.4. The maximum atomic E-state index is 11.4. The van der Waals surface area contributed by atoms with Crippen LogP contribution in [-0.4, -0.2) is 22.8 Å². The third-order valence-corrected chi connectivity index (χ3v) is 3.15. The van der Waals surface area contributed by atoms with Crippen LogP contribution in [0.1, 0.15) is 33.3 Å². The van der Waals surface area contributed by atoms with Crippen LogP contribution in [0.15, 0.2) is 35.3 Å². The van der Waals surface area contributed by atoms with Gasteiger partial charge < -0.3 is 5.11 Å². The molecule has 0 saturated carbocycles. The number of aliphatic imine (C=N–C) groups is 1. The molecule has 0 aliphatic carbocycles. The van der Waals surface area contributed by atoms with E-state index in [0.29, 0.717) is 0 Å². The van der Waals surface area contributed by atoms with Crippen molar-refractivity contribution in [3.63, 3.8) is 0 Å². The fourth-order valence-electron chi connectivity index (χ4n) is 1.31. The van der Waals surface area contributed by atoms with E-state index >= 15 is 0 Å². The van der Waals surface area contributed by atoms with Crippen LogP contribution in [0.3, 0.4) is 0 Å². The highest BCUT2D eigenvalue weighted by Gasteiger charge is 2.44. The number of hydrogen-bond acceptors (Lipinski definition) is 2. The molecule has 0 saturated heterocycles. The van der Waals surface area contributed by atoms with Gasteiger partial charge in [0.1, 0.15) is 0 Å². The highest BCUT2D eigenvalue weighted by Crippen LogP contribution is 2.33. The van der Waals surface area contributed by atoms with Crippen molar-refractivity contribution in [2.75, 3.05) is 0 Å². The molecule has 1 atom stereocenters. The van der Waals surface area contributed by atoms with Crippen molar-refractivity contribution in [2.45, 2.75) is 33.2 Å². The zero-order valence-corrected chi connectivity index (χ0v) is 10.8. The van der Waals surface area contributed by atoms with Crippen molar-refractivity contribution in [3.8, 4) is 0 Å². The predicted octanol–water partition coefficient (Wildman–Crippen LogP) is 2.99. The van der Waals surface area contributed by atoms with Gasteiger partial charge in [-0.15, -0.1) is 0 Å². The van der Waals surface area contributed by atoms with Gasteiger partial charge in [-0.25, -0.2) is 4.79 Å². The van der Waals surface area contributed by atoms with Crippen molar-refractivity contribution in [1.29, 1.82) is 0 Å². The molecule has 0 aliphatic heterocycles. The minimum absolute atomic E-state index is 0.440. The van der Waals surface area contributed by atoms with Crippen molar-refractivity contribution >= 4 is 12.2 Å². The molecular weight excluding hydrogens is 214 g/mol. The Morgan fingerprint density at radius 1 is 1.18 bits per heavy atom. The van der Waals surface area contributed by atoms with Gasteiger partial charge in [0.2, 0.25) is 0 Å². The van der Waals surface area contributed by atoms with Crippen LogP contribution in [0.4, 0.5) is 0 Å². The zero-order chi connectivity index (χ0) is 13.1. The molecule has 1 aromatic carbocycles. The standard InChI is InChI=1S/C14H19NO2/c1-13(2,3)14(4,12(16)17)15-10-11-8-6-5-7-9-11/h5-10H,1-4H3,(H,16,17). The van der Waals surface area contributed by atoms with Gasteiger partial charge in [0.25, 0.3) is 0 Å². The topological polar surface area (TPSA) is 49.7 Å². The number of aliphatic carboxylic acids is 1. The minimum atomic E-state index is -1.12. The Balaban J connectivity index is 3.05. The molecule has 0 aliphatic rings. The number of hydrogen-bond donors (Lipinski definition) is 1. The normalized spacial score (nSPS) is 15.8. The molecule has 0 fully saturated rings. The molecule has 1 rings (SSSR count). The fourth-order valence-corrected chi connectivity index (χ4v) is 1.31. The van der Waals surface area contributed by atoms with Gasteiger partial charge in [0, 0.05) is 6.21 Å². The van der Waals surface area contributed by atoms with Gasteiger partial charge in [-0.05, 0) is 17.9 Å². The summed E-state index contributed by atoms with van der Waals surface area (Å²) in [4.78, 5) is 15.6. The SMILES string of the molecule is CC(C)(C)C(C)(N=Cc1ccccc1)C(=O)O. The Kier molecular flexibility index (Phi) is 3.71. The average Bonchev–Trinajstić information content (AvgIpc) is 2.25. The third-order valence-electron chi connectivity index (χ3n) is 3.15. The molecule has 0 radical (unpaired) electrons. The van der Waals surface area contributed by atoms with Gasteiger partial charge >= 0.3 is 5.97 Å². The molecule has 0 aromatic heterocycles.